The molecule has 2 rings (SSSR count). The Kier molecular flexibility index (Phi) is 3.90. The summed E-state index contributed by atoms with van der Waals surface area (Å²) in [6.45, 7) is 9.66. The molecule has 1 N–H and O–H groups in total. The molecule has 2 aliphatic rings. The van der Waals surface area contributed by atoms with Crippen molar-refractivity contribution in [2.24, 2.45) is 17.3 Å². The standard InChI is InChI=1S/C14H27NS/c1-10-5-6-13(11(10)2)15-12-7-14(3,4)9-16-8-12/h10-13,15H,5-9H2,1-4H3. The van der Waals surface area contributed by atoms with Crippen LogP contribution < -0.4 is 5.32 Å². The van der Waals surface area contributed by atoms with Gasteiger partial charge in [-0.3, -0.25) is 0 Å². The Morgan fingerprint density at radius 3 is 2.50 bits per heavy atom. The van der Waals surface area contributed by atoms with Crippen LogP contribution in [0.25, 0.3) is 0 Å². The van der Waals surface area contributed by atoms with Gasteiger partial charge in [0.25, 0.3) is 0 Å². The lowest BCUT2D eigenvalue weighted by molar-refractivity contribution is 0.275. The van der Waals surface area contributed by atoms with Crippen LogP contribution in [0.4, 0.5) is 0 Å². The van der Waals surface area contributed by atoms with Crippen molar-refractivity contribution in [3.63, 3.8) is 0 Å². The van der Waals surface area contributed by atoms with Crippen molar-refractivity contribution in [2.45, 2.75) is 59.0 Å². The van der Waals surface area contributed by atoms with Gasteiger partial charge in [0, 0.05) is 17.8 Å². The van der Waals surface area contributed by atoms with Crippen molar-refractivity contribution >= 4 is 11.8 Å². The summed E-state index contributed by atoms with van der Waals surface area (Å²) in [4.78, 5) is 0. The summed E-state index contributed by atoms with van der Waals surface area (Å²) in [5.41, 5.74) is 0.536. The van der Waals surface area contributed by atoms with Crippen molar-refractivity contribution < 1.29 is 0 Å². The molecule has 4 atom stereocenters. The van der Waals surface area contributed by atoms with Gasteiger partial charge in [0.2, 0.25) is 0 Å². The van der Waals surface area contributed by atoms with E-state index in [1.165, 1.54) is 30.8 Å². The van der Waals surface area contributed by atoms with Crippen molar-refractivity contribution in [3.05, 3.63) is 0 Å². The average Bonchev–Trinajstić information content (AvgIpc) is 2.48. The smallest absolute Gasteiger partial charge is 0.0166 e. The van der Waals surface area contributed by atoms with Gasteiger partial charge in [-0.05, 0) is 42.3 Å². The van der Waals surface area contributed by atoms with Gasteiger partial charge < -0.3 is 5.32 Å². The predicted octanol–water partition coefficient (Wildman–Crippen LogP) is 3.54. The molecule has 0 spiro atoms. The van der Waals surface area contributed by atoms with Crippen LogP contribution >= 0.6 is 11.8 Å². The predicted molar refractivity (Wildman–Crippen MR) is 74.0 cm³/mol. The van der Waals surface area contributed by atoms with Gasteiger partial charge in [0.1, 0.15) is 0 Å². The highest BCUT2D eigenvalue weighted by Crippen LogP contribution is 2.36. The third kappa shape index (κ3) is 2.95. The largest absolute Gasteiger partial charge is 0.310 e. The van der Waals surface area contributed by atoms with Crippen molar-refractivity contribution in [2.75, 3.05) is 11.5 Å². The van der Waals surface area contributed by atoms with Gasteiger partial charge in [-0.1, -0.05) is 27.7 Å². The third-order valence-corrected chi connectivity index (χ3v) is 6.15. The van der Waals surface area contributed by atoms with Gasteiger partial charge >= 0.3 is 0 Å². The Morgan fingerprint density at radius 1 is 1.19 bits per heavy atom. The zero-order valence-electron chi connectivity index (χ0n) is 11.3. The highest BCUT2D eigenvalue weighted by atomic mass is 32.2. The molecule has 2 heteroatoms. The molecule has 2 fully saturated rings. The fourth-order valence-corrected chi connectivity index (χ4v) is 4.56. The van der Waals surface area contributed by atoms with E-state index >= 15 is 0 Å². The minimum atomic E-state index is 0.536. The van der Waals surface area contributed by atoms with Crippen LogP contribution in [0, 0.1) is 17.3 Å². The molecule has 1 saturated heterocycles. The zero-order chi connectivity index (χ0) is 11.8. The molecule has 0 aromatic heterocycles. The Morgan fingerprint density at radius 2 is 1.94 bits per heavy atom. The van der Waals surface area contributed by atoms with Crippen molar-refractivity contribution in [3.8, 4) is 0 Å². The summed E-state index contributed by atoms with van der Waals surface area (Å²) in [6, 6.07) is 1.54. The first-order valence-corrected chi connectivity index (χ1v) is 7.97. The molecule has 1 heterocycles. The second-order valence-electron chi connectivity index (χ2n) is 6.77. The minimum absolute atomic E-state index is 0.536. The maximum absolute atomic E-state index is 3.93. The molecule has 94 valence electrons. The van der Waals surface area contributed by atoms with Gasteiger partial charge in [-0.15, -0.1) is 0 Å². The van der Waals surface area contributed by atoms with Gasteiger partial charge in [0.05, 0.1) is 0 Å². The van der Waals surface area contributed by atoms with E-state index in [4.69, 9.17) is 0 Å². The van der Waals surface area contributed by atoms with Crippen LogP contribution in [0.15, 0.2) is 0 Å². The molecular weight excluding hydrogens is 214 g/mol. The van der Waals surface area contributed by atoms with Crippen LogP contribution in [0.5, 0.6) is 0 Å². The van der Waals surface area contributed by atoms with Crippen LogP contribution in [-0.2, 0) is 0 Å². The Balaban J connectivity index is 1.85. The summed E-state index contributed by atoms with van der Waals surface area (Å²) in [5.74, 6) is 4.44. The average molecular weight is 241 g/mol. The summed E-state index contributed by atoms with van der Waals surface area (Å²) < 4.78 is 0. The van der Waals surface area contributed by atoms with Crippen LogP contribution in [0.2, 0.25) is 0 Å². The Bertz CT molecular complexity index is 239. The van der Waals surface area contributed by atoms with E-state index in [0.717, 1.165) is 23.9 Å². The van der Waals surface area contributed by atoms with E-state index in [1.807, 2.05) is 0 Å². The normalized spacial score (nSPS) is 43.5. The molecule has 1 nitrogen and oxygen atoms in total. The summed E-state index contributed by atoms with van der Waals surface area (Å²) in [5, 5.41) is 3.93. The first-order chi connectivity index (χ1) is 7.48. The lowest BCUT2D eigenvalue weighted by Gasteiger charge is -2.37. The second-order valence-corrected chi connectivity index (χ2v) is 7.80. The van der Waals surface area contributed by atoms with E-state index in [9.17, 15) is 0 Å². The zero-order valence-corrected chi connectivity index (χ0v) is 12.1. The number of rotatable bonds is 2. The molecular formula is C14H27NS. The minimum Gasteiger partial charge on any atom is -0.310 e. The molecule has 0 bridgehead atoms. The van der Waals surface area contributed by atoms with E-state index < -0.39 is 0 Å². The lowest BCUT2D eigenvalue weighted by Crippen LogP contribution is -2.46. The highest BCUT2D eigenvalue weighted by molar-refractivity contribution is 7.99. The number of hydrogen-bond acceptors (Lipinski definition) is 2. The number of nitrogens with one attached hydrogen (secondary N) is 1. The van der Waals surface area contributed by atoms with E-state index in [2.05, 4.69) is 44.8 Å². The van der Waals surface area contributed by atoms with Crippen LogP contribution in [0.1, 0.15) is 47.0 Å². The molecule has 4 unspecified atom stereocenters. The lowest BCUT2D eigenvalue weighted by atomic mass is 9.87. The van der Waals surface area contributed by atoms with Gasteiger partial charge in [-0.25, -0.2) is 0 Å². The third-order valence-electron chi connectivity index (χ3n) is 4.53. The summed E-state index contributed by atoms with van der Waals surface area (Å²) in [6.07, 6.45) is 4.17. The molecule has 16 heavy (non-hydrogen) atoms. The summed E-state index contributed by atoms with van der Waals surface area (Å²) >= 11 is 2.13. The van der Waals surface area contributed by atoms with E-state index in [0.29, 0.717) is 5.41 Å². The fraction of sp³-hybridized carbons (Fsp3) is 1.00. The molecule has 1 saturated carbocycles. The van der Waals surface area contributed by atoms with E-state index in [1.54, 1.807) is 0 Å². The van der Waals surface area contributed by atoms with Gasteiger partial charge in [-0.2, -0.15) is 11.8 Å². The maximum Gasteiger partial charge on any atom is 0.0166 e. The fourth-order valence-electron chi connectivity index (χ4n) is 3.27. The quantitative estimate of drug-likeness (QED) is 0.793. The van der Waals surface area contributed by atoms with Crippen molar-refractivity contribution in [1.29, 1.82) is 0 Å². The molecule has 0 amide bonds. The highest BCUT2D eigenvalue weighted by Gasteiger charge is 2.34. The topological polar surface area (TPSA) is 12.0 Å². The van der Waals surface area contributed by atoms with Gasteiger partial charge in [0.15, 0.2) is 0 Å². The molecule has 1 aliphatic heterocycles. The molecule has 1 aliphatic carbocycles. The van der Waals surface area contributed by atoms with E-state index in [-0.39, 0.29) is 0 Å². The monoisotopic (exact) mass is 241 g/mol. The number of hydrogen-bond donors (Lipinski definition) is 1. The first-order valence-electron chi connectivity index (χ1n) is 6.82. The number of thioether (sulfide) groups is 1. The molecule has 0 aromatic rings. The molecule has 0 radical (unpaired) electrons. The van der Waals surface area contributed by atoms with Crippen LogP contribution in [-0.4, -0.2) is 23.6 Å². The maximum atomic E-state index is 3.93. The van der Waals surface area contributed by atoms with Crippen molar-refractivity contribution in [1.82, 2.24) is 5.32 Å². The Hall–Kier alpha value is 0.310. The SMILES string of the molecule is CC1CCC(NC2CSCC(C)(C)C2)C1C. The summed E-state index contributed by atoms with van der Waals surface area (Å²) in [7, 11) is 0. The van der Waals surface area contributed by atoms with Crippen LogP contribution in [0.3, 0.4) is 0 Å². The second kappa shape index (κ2) is 4.89. The first kappa shape index (κ1) is 12.8. The molecule has 0 aromatic carbocycles. The Labute approximate surface area is 105 Å².